The van der Waals surface area contributed by atoms with Crippen LogP contribution in [0.25, 0.3) is 0 Å². The van der Waals surface area contributed by atoms with Gasteiger partial charge in [0.1, 0.15) is 17.6 Å². The maximum absolute atomic E-state index is 5.81. The van der Waals surface area contributed by atoms with Crippen molar-refractivity contribution in [3.05, 3.63) is 24.3 Å². The average molecular weight is 237 g/mol. The van der Waals surface area contributed by atoms with Crippen molar-refractivity contribution < 1.29 is 9.47 Å². The van der Waals surface area contributed by atoms with Crippen LogP contribution in [0, 0.1) is 0 Å². The summed E-state index contributed by atoms with van der Waals surface area (Å²) >= 11 is 0. The molecule has 2 unspecified atom stereocenters. The Labute approximate surface area is 104 Å². The molecule has 0 bridgehead atoms. The summed E-state index contributed by atoms with van der Waals surface area (Å²) in [6.45, 7) is 7.27. The molecule has 1 N–H and O–H groups in total. The molecule has 0 heterocycles. The van der Waals surface area contributed by atoms with E-state index in [0.29, 0.717) is 6.04 Å². The van der Waals surface area contributed by atoms with Crippen LogP contribution in [0.1, 0.15) is 27.2 Å². The lowest BCUT2D eigenvalue weighted by molar-refractivity contribution is 0.211. The molecule has 0 aliphatic heterocycles. The third kappa shape index (κ3) is 5.09. The molecule has 1 rings (SSSR count). The summed E-state index contributed by atoms with van der Waals surface area (Å²) in [4.78, 5) is 0. The van der Waals surface area contributed by atoms with Crippen molar-refractivity contribution in [1.29, 1.82) is 0 Å². The Morgan fingerprint density at radius 3 is 2.59 bits per heavy atom. The zero-order chi connectivity index (χ0) is 12.7. The van der Waals surface area contributed by atoms with Gasteiger partial charge in [0, 0.05) is 18.7 Å². The minimum absolute atomic E-state index is 0.149. The van der Waals surface area contributed by atoms with Gasteiger partial charge in [0.05, 0.1) is 7.11 Å². The molecule has 0 aromatic heterocycles. The molecule has 0 spiro atoms. The highest BCUT2D eigenvalue weighted by Crippen LogP contribution is 2.19. The van der Waals surface area contributed by atoms with Crippen molar-refractivity contribution in [3.63, 3.8) is 0 Å². The van der Waals surface area contributed by atoms with E-state index >= 15 is 0 Å². The number of hydrogen-bond donors (Lipinski definition) is 1. The molecule has 0 saturated heterocycles. The highest BCUT2D eigenvalue weighted by atomic mass is 16.5. The van der Waals surface area contributed by atoms with Crippen LogP contribution in [-0.4, -0.2) is 25.8 Å². The van der Waals surface area contributed by atoms with Crippen molar-refractivity contribution in [2.45, 2.75) is 39.3 Å². The molecule has 1 aromatic carbocycles. The van der Waals surface area contributed by atoms with Crippen molar-refractivity contribution >= 4 is 0 Å². The number of benzene rings is 1. The quantitative estimate of drug-likeness (QED) is 0.791. The Morgan fingerprint density at radius 2 is 1.94 bits per heavy atom. The Balaban J connectivity index is 2.41. The number of hydrogen-bond acceptors (Lipinski definition) is 3. The molecule has 0 radical (unpaired) electrons. The summed E-state index contributed by atoms with van der Waals surface area (Å²) in [5, 5.41) is 3.42. The van der Waals surface area contributed by atoms with Gasteiger partial charge in [0.25, 0.3) is 0 Å². The Morgan fingerprint density at radius 1 is 1.24 bits per heavy atom. The molecule has 17 heavy (non-hydrogen) atoms. The summed E-state index contributed by atoms with van der Waals surface area (Å²) in [6.07, 6.45) is 1.28. The van der Waals surface area contributed by atoms with Crippen LogP contribution >= 0.6 is 0 Å². The van der Waals surface area contributed by atoms with E-state index in [-0.39, 0.29) is 6.10 Å². The molecule has 0 aliphatic carbocycles. The van der Waals surface area contributed by atoms with Gasteiger partial charge in [0.15, 0.2) is 0 Å². The molecule has 3 nitrogen and oxygen atoms in total. The van der Waals surface area contributed by atoms with Gasteiger partial charge in [-0.1, -0.05) is 13.0 Å². The second-order valence-electron chi connectivity index (χ2n) is 4.32. The lowest BCUT2D eigenvalue weighted by Crippen LogP contribution is -2.34. The zero-order valence-electron chi connectivity index (χ0n) is 11.2. The molecule has 0 amide bonds. The molecule has 1 aromatic rings. The molecule has 3 heteroatoms. The van der Waals surface area contributed by atoms with Crippen LogP contribution in [0.2, 0.25) is 0 Å². The Kier molecular flexibility index (Phi) is 5.84. The molecule has 0 fully saturated rings. The highest BCUT2D eigenvalue weighted by Gasteiger charge is 2.06. The van der Waals surface area contributed by atoms with Gasteiger partial charge in [0.2, 0.25) is 0 Å². The first-order valence-electron chi connectivity index (χ1n) is 6.19. The van der Waals surface area contributed by atoms with Crippen LogP contribution in [0.4, 0.5) is 0 Å². The van der Waals surface area contributed by atoms with E-state index < -0.39 is 0 Å². The summed E-state index contributed by atoms with van der Waals surface area (Å²) in [5.74, 6) is 1.67. The highest BCUT2D eigenvalue weighted by molar-refractivity contribution is 5.32. The Hall–Kier alpha value is -1.22. The van der Waals surface area contributed by atoms with Gasteiger partial charge in [-0.05, 0) is 32.4 Å². The molecule has 0 saturated carbocycles. The third-order valence-corrected chi connectivity index (χ3v) is 2.74. The van der Waals surface area contributed by atoms with Crippen LogP contribution in [0.15, 0.2) is 24.3 Å². The first-order valence-corrected chi connectivity index (χ1v) is 6.19. The van der Waals surface area contributed by atoms with Gasteiger partial charge in [-0.15, -0.1) is 0 Å². The second-order valence-corrected chi connectivity index (χ2v) is 4.32. The summed E-state index contributed by atoms with van der Waals surface area (Å²) < 4.78 is 11.0. The third-order valence-electron chi connectivity index (χ3n) is 2.74. The maximum Gasteiger partial charge on any atom is 0.123 e. The molecule has 0 aliphatic rings. The van der Waals surface area contributed by atoms with Gasteiger partial charge >= 0.3 is 0 Å². The van der Waals surface area contributed by atoms with E-state index in [2.05, 4.69) is 26.1 Å². The van der Waals surface area contributed by atoms with Crippen molar-refractivity contribution in [1.82, 2.24) is 5.32 Å². The molecule has 2 atom stereocenters. The summed E-state index contributed by atoms with van der Waals surface area (Å²) in [5.41, 5.74) is 0. The maximum atomic E-state index is 5.81. The SMILES string of the molecule is CCC(C)NCC(C)Oc1cccc(OC)c1. The Bertz CT molecular complexity index is 328. The lowest BCUT2D eigenvalue weighted by atomic mass is 10.2. The molecular formula is C14H23NO2. The number of ether oxygens (including phenoxy) is 2. The fourth-order valence-corrected chi connectivity index (χ4v) is 1.46. The first kappa shape index (κ1) is 13.8. The van der Waals surface area contributed by atoms with E-state index in [4.69, 9.17) is 9.47 Å². The lowest BCUT2D eigenvalue weighted by Gasteiger charge is -2.18. The second kappa shape index (κ2) is 7.17. The van der Waals surface area contributed by atoms with Gasteiger partial charge in [-0.3, -0.25) is 0 Å². The predicted molar refractivity (Wildman–Crippen MR) is 70.8 cm³/mol. The van der Waals surface area contributed by atoms with E-state index in [1.54, 1.807) is 7.11 Å². The minimum atomic E-state index is 0.149. The molecule has 96 valence electrons. The van der Waals surface area contributed by atoms with Crippen LogP contribution in [0.3, 0.4) is 0 Å². The van der Waals surface area contributed by atoms with Crippen LogP contribution in [0.5, 0.6) is 11.5 Å². The number of methoxy groups -OCH3 is 1. The monoisotopic (exact) mass is 237 g/mol. The van der Waals surface area contributed by atoms with Gasteiger partial charge in [-0.2, -0.15) is 0 Å². The molecular weight excluding hydrogens is 214 g/mol. The van der Waals surface area contributed by atoms with Crippen LogP contribution in [-0.2, 0) is 0 Å². The zero-order valence-corrected chi connectivity index (χ0v) is 11.2. The van der Waals surface area contributed by atoms with E-state index in [1.807, 2.05) is 24.3 Å². The fraction of sp³-hybridized carbons (Fsp3) is 0.571. The number of nitrogens with one attached hydrogen (secondary N) is 1. The van der Waals surface area contributed by atoms with Crippen molar-refractivity contribution in [2.75, 3.05) is 13.7 Å². The normalized spacial score (nSPS) is 14.1. The largest absolute Gasteiger partial charge is 0.497 e. The standard InChI is InChI=1S/C14H23NO2/c1-5-11(2)15-10-12(3)17-14-8-6-7-13(9-14)16-4/h6-9,11-12,15H,5,10H2,1-4H3. The average Bonchev–Trinajstić information content (AvgIpc) is 2.36. The minimum Gasteiger partial charge on any atom is -0.497 e. The summed E-state index contributed by atoms with van der Waals surface area (Å²) in [6, 6.07) is 8.23. The van der Waals surface area contributed by atoms with Gasteiger partial charge in [-0.25, -0.2) is 0 Å². The van der Waals surface area contributed by atoms with Crippen molar-refractivity contribution in [3.8, 4) is 11.5 Å². The summed E-state index contributed by atoms with van der Waals surface area (Å²) in [7, 11) is 1.66. The van der Waals surface area contributed by atoms with Crippen molar-refractivity contribution in [2.24, 2.45) is 0 Å². The fourth-order valence-electron chi connectivity index (χ4n) is 1.46. The van der Waals surface area contributed by atoms with E-state index in [9.17, 15) is 0 Å². The van der Waals surface area contributed by atoms with E-state index in [0.717, 1.165) is 24.5 Å². The van der Waals surface area contributed by atoms with Crippen LogP contribution < -0.4 is 14.8 Å². The first-order chi connectivity index (χ1) is 8.15. The van der Waals surface area contributed by atoms with E-state index in [1.165, 1.54) is 0 Å². The van der Waals surface area contributed by atoms with Gasteiger partial charge < -0.3 is 14.8 Å². The predicted octanol–water partition coefficient (Wildman–Crippen LogP) is 2.85. The number of rotatable bonds is 7. The topological polar surface area (TPSA) is 30.5 Å². The smallest absolute Gasteiger partial charge is 0.123 e.